The Kier molecular flexibility index (Phi) is 6.40. The molecule has 8 nitrogen and oxygen atoms in total. The Hall–Kier alpha value is -2.95. The van der Waals surface area contributed by atoms with Crippen LogP contribution in [0, 0.1) is 32.1 Å². The summed E-state index contributed by atoms with van der Waals surface area (Å²) >= 11 is 0. The first-order chi connectivity index (χ1) is 14.2. The first-order valence-corrected chi connectivity index (χ1v) is 10.5. The fourth-order valence-electron chi connectivity index (χ4n) is 4.10. The number of carbonyl (C=O) groups is 2. The number of fused-ring (bicyclic) bond motifs is 1. The zero-order valence-corrected chi connectivity index (χ0v) is 18.1. The molecule has 0 aromatic carbocycles. The van der Waals surface area contributed by atoms with Gasteiger partial charge in [0.05, 0.1) is 11.8 Å². The van der Waals surface area contributed by atoms with Crippen molar-refractivity contribution < 1.29 is 14.3 Å². The van der Waals surface area contributed by atoms with Gasteiger partial charge < -0.3 is 10.1 Å². The van der Waals surface area contributed by atoms with E-state index >= 15 is 0 Å². The van der Waals surface area contributed by atoms with Gasteiger partial charge in [-0.05, 0) is 52.5 Å². The summed E-state index contributed by atoms with van der Waals surface area (Å²) in [6, 6.07) is 4.16. The molecule has 0 bridgehead atoms. The lowest BCUT2D eigenvalue weighted by Crippen LogP contribution is -2.52. The number of ether oxygens (including phenoxy) is 1. The number of esters is 1. The fraction of sp³-hybridized carbons (Fsp3) is 0.591. The number of nitrogens with one attached hydrogen (secondary N) is 1. The number of rotatable bonds is 6. The first-order valence-electron chi connectivity index (χ1n) is 10.5. The summed E-state index contributed by atoms with van der Waals surface area (Å²) in [4.78, 5) is 29.4. The number of amides is 1. The molecule has 0 unspecified atom stereocenters. The van der Waals surface area contributed by atoms with Crippen molar-refractivity contribution in [1.29, 1.82) is 5.26 Å². The van der Waals surface area contributed by atoms with Crippen LogP contribution in [0.25, 0.3) is 5.65 Å². The average Bonchev–Trinajstić information content (AvgIpc) is 3.08. The summed E-state index contributed by atoms with van der Waals surface area (Å²) in [5, 5.41) is 16.8. The van der Waals surface area contributed by atoms with Gasteiger partial charge in [-0.15, -0.1) is 0 Å². The molecule has 1 aliphatic rings. The van der Waals surface area contributed by atoms with Crippen molar-refractivity contribution >= 4 is 17.5 Å². The van der Waals surface area contributed by atoms with Crippen LogP contribution in [0.2, 0.25) is 0 Å². The zero-order valence-electron chi connectivity index (χ0n) is 18.1. The van der Waals surface area contributed by atoms with Crippen LogP contribution >= 0.6 is 0 Å². The van der Waals surface area contributed by atoms with E-state index in [2.05, 4.69) is 21.5 Å². The van der Waals surface area contributed by atoms with Crippen LogP contribution in [-0.2, 0) is 20.7 Å². The van der Waals surface area contributed by atoms with Crippen LogP contribution in [0.5, 0.6) is 0 Å². The van der Waals surface area contributed by atoms with Gasteiger partial charge in [0.15, 0.2) is 11.8 Å². The highest BCUT2D eigenvalue weighted by Gasteiger charge is 2.35. The topological polar surface area (TPSA) is 109 Å². The highest BCUT2D eigenvalue weighted by Crippen LogP contribution is 2.27. The molecule has 1 fully saturated rings. The Bertz CT molecular complexity index is 998. The maximum atomic E-state index is 12.5. The van der Waals surface area contributed by atoms with Crippen LogP contribution in [0.1, 0.15) is 68.1 Å². The van der Waals surface area contributed by atoms with Crippen molar-refractivity contribution in [2.75, 3.05) is 0 Å². The minimum atomic E-state index is -0.943. The summed E-state index contributed by atoms with van der Waals surface area (Å²) in [7, 11) is 0. The molecule has 0 aliphatic heterocycles. The van der Waals surface area contributed by atoms with Crippen molar-refractivity contribution in [3.8, 4) is 6.07 Å². The van der Waals surface area contributed by atoms with E-state index in [-0.39, 0.29) is 6.42 Å². The molecule has 0 radical (unpaired) electrons. The molecule has 160 valence electrons. The third kappa shape index (κ3) is 4.61. The number of aromatic nitrogens is 3. The minimum Gasteiger partial charge on any atom is -0.453 e. The molecule has 0 spiro atoms. The second-order valence-electron chi connectivity index (χ2n) is 8.19. The molecule has 1 atom stereocenters. The fourth-order valence-corrected chi connectivity index (χ4v) is 4.10. The molecule has 1 saturated carbocycles. The van der Waals surface area contributed by atoms with E-state index in [1.54, 1.807) is 4.52 Å². The Balaban J connectivity index is 1.58. The number of hydrogen-bond acceptors (Lipinski definition) is 6. The lowest BCUT2D eigenvalue weighted by molar-refractivity contribution is -0.155. The van der Waals surface area contributed by atoms with Crippen molar-refractivity contribution in [1.82, 2.24) is 19.9 Å². The van der Waals surface area contributed by atoms with Crippen molar-refractivity contribution in [2.45, 2.75) is 84.3 Å². The molecule has 3 rings (SSSR count). The lowest BCUT2D eigenvalue weighted by atomic mass is 9.83. The Morgan fingerprint density at radius 3 is 2.67 bits per heavy atom. The van der Waals surface area contributed by atoms with Crippen molar-refractivity contribution in [2.24, 2.45) is 0 Å². The van der Waals surface area contributed by atoms with Gasteiger partial charge in [-0.3, -0.25) is 9.59 Å². The summed E-state index contributed by atoms with van der Waals surface area (Å²) in [5.41, 5.74) is 3.57. The molecule has 2 heterocycles. The van der Waals surface area contributed by atoms with Gasteiger partial charge in [0.1, 0.15) is 5.54 Å². The quantitative estimate of drug-likeness (QED) is 0.732. The summed E-state index contributed by atoms with van der Waals surface area (Å²) in [5.74, 6) is -0.878. The lowest BCUT2D eigenvalue weighted by Gasteiger charge is -2.32. The summed E-state index contributed by atoms with van der Waals surface area (Å²) in [6.45, 7) is 7.32. The minimum absolute atomic E-state index is 0.135. The van der Waals surface area contributed by atoms with Crippen LogP contribution in [0.15, 0.2) is 6.07 Å². The van der Waals surface area contributed by atoms with E-state index in [1.165, 1.54) is 6.92 Å². The number of nitrogens with zero attached hydrogens (tertiary/aromatic N) is 4. The molecular formula is C22H29N5O3. The van der Waals surface area contributed by atoms with Crippen LogP contribution in [-0.4, -0.2) is 38.1 Å². The second-order valence-corrected chi connectivity index (χ2v) is 8.19. The van der Waals surface area contributed by atoms with E-state index in [4.69, 9.17) is 4.74 Å². The van der Waals surface area contributed by atoms with E-state index in [9.17, 15) is 14.9 Å². The third-order valence-electron chi connectivity index (χ3n) is 5.83. The number of hydrogen-bond donors (Lipinski definition) is 1. The van der Waals surface area contributed by atoms with E-state index in [0.29, 0.717) is 19.3 Å². The predicted molar refractivity (Wildman–Crippen MR) is 111 cm³/mol. The maximum Gasteiger partial charge on any atom is 0.306 e. The Labute approximate surface area is 176 Å². The van der Waals surface area contributed by atoms with Gasteiger partial charge in [-0.1, -0.05) is 19.3 Å². The third-order valence-corrected chi connectivity index (χ3v) is 5.83. The highest BCUT2D eigenvalue weighted by atomic mass is 16.5. The number of carbonyl (C=O) groups excluding carboxylic acids is 2. The van der Waals surface area contributed by atoms with Crippen LogP contribution < -0.4 is 5.32 Å². The molecule has 30 heavy (non-hydrogen) atoms. The molecule has 2 aromatic heterocycles. The largest absolute Gasteiger partial charge is 0.453 e. The van der Waals surface area contributed by atoms with Gasteiger partial charge in [0, 0.05) is 23.9 Å². The molecule has 2 aromatic rings. The van der Waals surface area contributed by atoms with E-state index in [1.807, 2.05) is 26.8 Å². The van der Waals surface area contributed by atoms with Crippen LogP contribution in [0.3, 0.4) is 0 Å². The van der Waals surface area contributed by atoms with Gasteiger partial charge in [-0.2, -0.15) is 10.4 Å². The van der Waals surface area contributed by atoms with Gasteiger partial charge >= 0.3 is 5.97 Å². The maximum absolute atomic E-state index is 12.5. The molecule has 8 heteroatoms. The zero-order chi connectivity index (χ0) is 21.9. The Morgan fingerprint density at radius 2 is 2.00 bits per heavy atom. The monoisotopic (exact) mass is 411 g/mol. The molecular weight excluding hydrogens is 382 g/mol. The molecule has 0 saturated heterocycles. The smallest absolute Gasteiger partial charge is 0.306 e. The molecule has 1 amide bonds. The van der Waals surface area contributed by atoms with Crippen LogP contribution in [0.4, 0.5) is 0 Å². The number of aryl methyl sites for hydroxylation is 3. The van der Waals surface area contributed by atoms with E-state index < -0.39 is 23.5 Å². The SMILES string of the molecule is Cc1cc2nc(C)c(CCC(=O)O[C@H](C)C(=O)NC3(C#N)CCCCC3)c(C)n2n1. The average molecular weight is 412 g/mol. The molecule has 1 N–H and O–H groups in total. The summed E-state index contributed by atoms with van der Waals surface area (Å²) in [6.07, 6.45) is 3.81. The van der Waals surface area contributed by atoms with Crippen molar-refractivity contribution in [3.05, 3.63) is 28.7 Å². The normalized spacial score (nSPS) is 16.6. The van der Waals surface area contributed by atoms with Crippen molar-refractivity contribution in [3.63, 3.8) is 0 Å². The number of nitriles is 1. The standard InChI is InChI=1S/C22H29N5O3/c1-14-12-19-24-15(2)18(16(3)27(19)26-14)8-9-20(28)30-17(4)21(29)25-22(13-23)10-6-5-7-11-22/h12,17H,5-11H2,1-4H3,(H,25,29)/t17-/m1/s1. The highest BCUT2D eigenvalue weighted by molar-refractivity contribution is 5.84. The van der Waals surface area contributed by atoms with Gasteiger partial charge in [0.25, 0.3) is 5.91 Å². The Morgan fingerprint density at radius 1 is 1.30 bits per heavy atom. The predicted octanol–water partition coefficient (Wildman–Crippen LogP) is 2.86. The summed E-state index contributed by atoms with van der Waals surface area (Å²) < 4.78 is 7.12. The molecule has 1 aliphatic carbocycles. The van der Waals surface area contributed by atoms with E-state index in [0.717, 1.165) is 47.6 Å². The van der Waals surface area contributed by atoms with Gasteiger partial charge in [-0.25, -0.2) is 9.50 Å². The second kappa shape index (κ2) is 8.82. The van der Waals surface area contributed by atoms with Gasteiger partial charge in [0.2, 0.25) is 0 Å². The first kappa shape index (κ1) is 21.8.